The van der Waals surface area contributed by atoms with Gasteiger partial charge >= 0.3 is 0 Å². The molecule has 96 valence electrons. The molecule has 17 heavy (non-hydrogen) atoms. The number of aromatic nitrogens is 1. The van der Waals surface area contributed by atoms with E-state index in [0.29, 0.717) is 6.54 Å². The van der Waals surface area contributed by atoms with Gasteiger partial charge in [-0.1, -0.05) is 13.8 Å². The van der Waals surface area contributed by atoms with Crippen molar-refractivity contribution < 1.29 is 4.39 Å². The van der Waals surface area contributed by atoms with Crippen molar-refractivity contribution in [2.24, 2.45) is 0 Å². The lowest BCUT2D eigenvalue weighted by Gasteiger charge is -2.19. The van der Waals surface area contributed by atoms with Crippen molar-refractivity contribution >= 4 is 0 Å². The summed E-state index contributed by atoms with van der Waals surface area (Å²) in [4.78, 5) is 6.22. The highest BCUT2D eigenvalue weighted by Crippen LogP contribution is 1.99. The van der Waals surface area contributed by atoms with Gasteiger partial charge in [0.1, 0.15) is 5.82 Å². The lowest BCUT2D eigenvalue weighted by Crippen LogP contribution is -2.32. The summed E-state index contributed by atoms with van der Waals surface area (Å²) >= 11 is 0. The molecule has 0 amide bonds. The molecular weight excluding hydrogens is 217 g/mol. The molecule has 1 rings (SSSR count). The molecule has 0 aliphatic heterocycles. The van der Waals surface area contributed by atoms with Crippen LogP contribution in [-0.2, 0) is 6.54 Å². The van der Waals surface area contributed by atoms with E-state index in [4.69, 9.17) is 0 Å². The molecule has 0 radical (unpaired) electrons. The summed E-state index contributed by atoms with van der Waals surface area (Å²) in [6, 6.07) is 1.52. The van der Waals surface area contributed by atoms with Crippen molar-refractivity contribution in [1.29, 1.82) is 0 Å². The first-order valence-corrected chi connectivity index (χ1v) is 6.28. The summed E-state index contributed by atoms with van der Waals surface area (Å²) in [5.74, 6) is -0.273. The van der Waals surface area contributed by atoms with Crippen LogP contribution in [0.15, 0.2) is 18.5 Å². The van der Waals surface area contributed by atoms with Crippen LogP contribution in [0.25, 0.3) is 0 Å². The smallest absolute Gasteiger partial charge is 0.141 e. The highest BCUT2D eigenvalue weighted by atomic mass is 19.1. The van der Waals surface area contributed by atoms with Gasteiger partial charge in [0.15, 0.2) is 0 Å². The Bertz CT molecular complexity index is 317. The van der Waals surface area contributed by atoms with Crippen LogP contribution in [0.1, 0.15) is 25.8 Å². The number of hydrogen-bond acceptors (Lipinski definition) is 3. The molecule has 0 saturated carbocycles. The molecule has 0 unspecified atom stereocenters. The largest absolute Gasteiger partial charge is 0.311 e. The van der Waals surface area contributed by atoms with Gasteiger partial charge in [0.2, 0.25) is 0 Å². The third-order valence-corrected chi connectivity index (χ3v) is 2.68. The Morgan fingerprint density at radius 1 is 1.29 bits per heavy atom. The minimum Gasteiger partial charge on any atom is -0.311 e. The molecule has 0 saturated heterocycles. The van der Waals surface area contributed by atoms with E-state index in [2.05, 4.69) is 29.0 Å². The Morgan fingerprint density at radius 2 is 2.12 bits per heavy atom. The van der Waals surface area contributed by atoms with Crippen molar-refractivity contribution in [3.8, 4) is 0 Å². The number of pyridine rings is 1. The van der Waals surface area contributed by atoms with E-state index < -0.39 is 0 Å². The predicted octanol–water partition coefficient (Wildman–Crippen LogP) is 2.04. The average molecular weight is 239 g/mol. The summed E-state index contributed by atoms with van der Waals surface area (Å²) in [7, 11) is 0. The van der Waals surface area contributed by atoms with Crippen molar-refractivity contribution in [3.05, 3.63) is 29.8 Å². The lowest BCUT2D eigenvalue weighted by atomic mass is 10.3. The number of hydrogen-bond donors (Lipinski definition) is 1. The van der Waals surface area contributed by atoms with Crippen LogP contribution in [0, 0.1) is 5.82 Å². The molecule has 0 aliphatic carbocycles. The van der Waals surface area contributed by atoms with Gasteiger partial charge in [-0.15, -0.1) is 0 Å². The van der Waals surface area contributed by atoms with Gasteiger partial charge in [-0.05, 0) is 31.1 Å². The van der Waals surface area contributed by atoms with E-state index in [1.807, 2.05) is 0 Å². The van der Waals surface area contributed by atoms with E-state index in [9.17, 15) is 4.39 Å². The average Bonchev–Trinajstić information content (AvgIpc) is 2.33. The second kappa shape index (κ2) is 8.14. The summed E-state index contributed by atoms with van der Waals surface area (Å²) in [6.07, 6.45) is 4.10. The van der Waals surface area contributed by atoms with Gasteiger partial charge in [0.05, 0.1) is 6.20 Å². The molecular formula is C13H22FN3. The summed E-state index contributed by atoms with van der Waals surface area (Å²) in [5.41, 5.74) is 0.892. The third-order valence-electron chi connectivity index (χ3n) is 2.68. The molecule has 3 nitrogen and oxygen atoms in total. The summed E-state index contributed by atoms with van der Waals surface area (Å²) in [6.45, 7) is 9.21. The van der Waals surface area contributed by atoms with Crippen LogP contribution in [-0.4, -0.2) is 36.1 Å². The van der Waals surface area contributed by atoms with Gasteiger partial charge in [-0.3, -0.25) is 4.98 Å². The molecule has 0 fully saturated rings. The Kier molecular flexibility index (Phi) is 6.74. The summed E-state index contributed by atoms with van der Waals surface area (Å²) < 4.78 is 12.9. The molecule has 1 aromatic rings. The van der Waals surface area contributed by atoms with Gasteiger partial charge in [-0.25, -0.2) is 4.39 Å². The van der Waals surface area contributed by atoms with Crippen molar-refractivity contribution in [3.63, 3.8) is 0 Å². The van der Waals surface area contributed by atoms with Gasteiger partial charge in [0, 0.05) is 25.8 Å². The van der Waals surface area contributed by atoms with E-state index in [1.54, 1.807) is 6.20 Å². The van der Waals surface area contributed by atoms with Crippen LogP contribution >= 0.6 is 0 Å². The molecule has 0 bridgehead atoms. The van der Waals surface area contributed by atoms with Crippen LogP contribution in [0.4, 0.5) is 4.39 Å². The second-order valence-corrected chi connectivity index (χ2v) is 4.12. The maximum atomic E-state index is 12.9. The van der Waals surface area contributed by atoms with Crippen LogP contribution in [0.3, 0.4) is 0 Å². The molecule has 1 N–H and O–H groups in total. The highest BCUT2D eigenvalue weighted by molar-refractivity contribution is 5.09. The fourth-order valence-corrected chi connectivity index (χ4v) is 1.77. The fraction of sp³-hybridized carbons (Fsp3) is 0.615. The third kappa shape index (κ3) is 5.75. The second-order valence-electron chi connectivity index (χ2n) is 4.12. The van der Waals surface area contributed by atoms with Crippen LogP contribution < -0.4 is 5.32 Å². The Morgan fingerprint density at radius 3 is 2.76 bits per heavy atom. The van der Waals surface area contributed by atoms with E-state index in [1.165, 1.54) is 18.7 Å². The Hall–Kier alpha value is -1.00. The normalized spacial score (nSPS) is 11.1. The quantitative estimate of drug-likeness (QED) is 0.704. The van der Waals surface area contributed by atoms with Gasteiger partial charge in [0.25, 0.3) is 0 Å². The summed E-state index contributed by atoms with van der Waals surface area (Å²) in [5, 5.41) is 3.30. The molecule has 4 heteroatoms. The zero-order valence-electron chi connectivity index (χ0n) is 10.7. The molecule has 0 atom stereocenters. The first-order chi connectivity index (χ1) is 8.26. The predicted molar refractivity (Wildman–Crippen MR) is 68.3 cm³/mol. The van der Waals surface area contributed by atoms with Crippen LogP contribution in [0.2, 0.25) is 0 Å². The van der Waals surface area contributed by atoms with E-state index in [0.717, 1.165) is 31.7 Å². The zero-order valence-corrected chi connectivity index (χ0v) is 10.7. The minimum absolute atomic E-state index is 0.273. The molecule has 0 aliphatic rings. The fourth-order valence-electron chi connectivity index (χ4n) is 1.77. The zero-order chi connectivity index (χ0) is 12.5. The maximum absolute atomic E-state index is 12.9. The maximum Gasteiger partial charge on any atom is 0.141 e. The van der Waals surface area contributed by atoms with Gasteiger partial charge in [-0.2, -0.15) is 0 Å². The first-order valence-electron chi connectivity index (χ1n) is 6.28. The number of likely N-dealkylation sites (N-methyl/N-ethyl adjacent to an activating group) is 1. The van der Waals surface area contributed by atoms with Gasteiger partial charge < -0.3 is 10.2 Å². The van der Waals surface area contributed by atoms with E-state index >= 15 is 0 Å². The SMILES string of the molecule is CCCN(CC)CCNCc1cncc(F)c1. The number of nitrogens with zero attached hydrogens (tertiary/aromatic N) is 2. The van der Waals surface area contributed by atoms with Crippen molar-refractivity contribution in [2.45, 2.75) is 26.8 Å². The monoisotopic (exact) mass is 239 g/mol. The molecule has 0 spiro atoms. The molecule has 1 aromatic heterocycles. The number of halogens is 1. The van der Waals surface area contributed by atoms with Crippen molar-refractivity contribution in [2.75, 3.05) is 26.2 Å². The van der Waals surface area contributed by atoms with Crippen LogP contribution in [0.5, 0.6) is 0 Å². The Balaban J connectivity index is 2.19. The molecule has 1 heterocycles. The number of rotatable bonds is 8. The van der Waals surface area contributed by atoms with E-state index in [-0.39, 0.29) is 5.82 Å². The Labute approximate surface area is 103 Å². The standard InChI is InChI=1S/C13H22FN3/c1-3-6-17(4-2)7-5-15-9-12-8-13(14)11-16-10-12/h8,10-11,15H,3-7,9H2,1-2H3. The highest BCUT2D eigenvalue weighted by Gasteiger charge is 2.00. The van der Waals surface area contributed by atoms with Crippen molar-refractivity contribution in [1.82, 2.24) is 15.2 Å². The topological polar surface area (TPSA) is 28.2 Å². The first kappa shape index (κ1) is 14.1. The number of nitrogens with one attached hydrogen (secondary N) is 1. The molecule has 0 aromatic carbocycles. The lowest BCUT2D eigenvalue weighted by molar-refractivity contribution is 0.287. The minimum atomic E-state index is -0.273.